The van der Waals surface area contributed by atoms with Gasteiger partial charge < -0.3 is 16.2 Å². The van der Waals surface area contributed by atoms with E-state index in [1.54, 1.807) is 24.4 Å². The molecule has 5 N–H and O–H groups in total. The van der Waals surface area contributed by atoms with Gasteiger partial charge in [-0.1, -0.05) is 0 Å². The van der Waals surface area contributed by atoms with Gasteiger partial charge in [-0.3, -0.25) is 10.1 Å². The number of rotatable bonds is 6. The first-order valence-corrected chi connectivity index (χ1v) is 11.4. The number of nitrogens with one attached hydrogen (secondary N) is 1. The molecule has 156 valence electrons. The van der Waals surface area contributed by atoms with Crippen molar-refractivity contribution in [2.24, 2.45) is 11.5 Å². The van der Waals surface area contributed by atoms with Crippen LogP contribution in [0.2, 0.25) is 0 Å². The van der Waals surface area contributed by atoms with Crippen molar-refractivity contribution in [3.63, 3.8) is 0 Å². The predicted octanol–water partition coefficient (Wildman–Crippen LogP) is 1.20. The van der Waals surface area contributed by atoms with E-state index in [0.29, 0.717) is 42.3 Å². The number of nitrogens with zero attached hydrogens (tertiary/aromatic N) is 2. The van der Waals surface area contributed by atoms with Gasteiger partial charge >= 0.3 is 6.03 Å². The number of hydrogen-bond acceptors (Lipinski definition) is 7. The van der Waals surface area contributed by atoms with Crippen LogP contribution in [0.3, 0.4) is 0 Å². The first-order chi connectivity index (χ1) is 13.6. The number of nitrogens with two attached hydrogens (primary N) is 2. The van der Waals surface area contributed by atoms with Gasteiger partial charge in [-0.25, -0.2) is 22.5 Å². The SMILES string of the molecule is CS(=O)(=O)N1CCC(Oc2ccc(-c3cc(C(N)=O)c(NC(N)=O)s3)cn2)CC1. The van der Waals surface area contributed by atoms with E-state index >= 15 is 0 Å². The van der Waals surface area contributed by atoms with Crippen molar-refractivity contribution in [2.45, 2.75) is 18.9 Å². The fourth-order valence-corrected chi connectivity index (χ4v) is 4.90. The van der Waals surface area contributed by atoms with E-state index in [4.69, 9.17) is 16.2 Å². The first-order valence-electron chi connectivity index (χ1n) is 8.72. The lowest BCUT2D eigenvalue weighted by Crippen LogP contribution is -2.41. The number of carbonyl (C=O) groups is 2. The highest BCUT2D eigenvalue weighted by Gasteiger charge is 2.26. The normalized spacial score (nSPS) is 15.8. The third-order valence-electron chi connectivity index (χ3n) is 4.41. The molecule has 0 radical (unpaired) electrons. The summed E-state index contributed by atoms with van der Waals surface area (Å²) < 4.78 is 30.4. The van der Waals surface area contributed by atoms with E-state index in [-0.39, 0.29) is 16.7 Å². The maximum Gasteiger partial charge on any atom is 0.317 e. The number of sulfonamides is 1. The second-order valence-corrected chi connectivity index (χ2v) is 9.61. The molecule has 1 fully saturated rings. The maximum absolute atomic E-state index is 11.6. The van der Waals surface area contributed by atoms with Crippen molar-refractivity contribution >= 4 is 38.3 Å². The lowest BCUT2D eigenvalue weighted by atomic mass is 10.1. The molecule has 12 heteroatoms. The van der Waals surface area contributed by atoms with E-state index < -0.39 is 22.0 Å². The number of thiophene rings is 1. The molecule has 2 aromatic heterocycles. The van der Waals surface area contributed by atoms with Crippen molar-refractivity contribution in [1.82, 2.24) is 9.29 Å². The van der Waals surface area contributed by atoms with Crippen molar-refractivity contribution in [3.05, 3.63) is 30.0 Å². The number of amides is 3. The topological polar surface area (TPSA) is 158 Å². The average molecular weight is 440 g/mol. The Morgan fingerprint density at radius 3 is 2.48 bits per heavy atom. The van der Waals surface area contributed by atoms with Crippen LogP contribution in [0.25, 0.3) is 10.4 Å². The van der Waals surface area contributed by atoms with Crippen LogP contribution in [0, 0.1) is 0 Å². The van der Waals surface area contributed by atoms with Crippen molar-refractivity contribution < 1.29 is 22.7 Å². The Morgan fingerprint density at radius 1 is 1.28 bits per heavy atom. The summed E-state index contributed by atoms with van der Waals surface area (Å²) >= 11 is 1.16. The standard InChI is InChI=1S/C17H21N5O5S2/c1-29(25,26)22-6-4-11(5-7-22)27-14-3-2-10(9-20-14)13-8-12(15(18)23)16(28-13)21-17(19)24/h2-3,8-9,11H,4-7H2,1H3,(H2,18,23)(H3,19,21,24). The van der Waals surface area contributed by atoms with Gasteiger partial charge in [-0.15, -0.1) is 11.3 Å². The minimum absolute atomic E-state index is 0.110. The zero-order valence-corrected chi connectivity index (χ0v) is 17.3. The van der Waals surface area contributed by atoms with Crippen LogP contribution in [0.5, 0.6) is 5.88 Å². The van der Waals surface area contributed by atoms with E-state index in [0.717, 1.165) is 11.3 Å². The van der Waals surface area contributed by atoms with Gasteiger partial charge in [0.2, 0.25) is 15.9 Å². The molecule has 3 heterocycles. The molecule has 3 rings (SSSR count). The van der Waals surface area contributed by atoms with Crippen molar-refractivity contribution in [2.75, 3.05) is 24.7 Å². The van der Waals surface area contributed by atoms with Crippen LogP contribution in [-0.2, 0) is 10.0 Å². The zero-order valence-electron chi connectivity index (χ0n) is 15.6. The number of urea groups is 1. The molecule has 0 spiro atoms. The molecule has 1 aliphatic rings. The molecule has 0 unspecified atom stereocenters. The Hall–Kier alpha value is -2.70. The monoisotopic (exact) mass is 439 g/mol. The fourth-order valence-electron chi connectivity index (χ4n) is 2.97. The van der Waals surface area contributed by atoms with Crippen LogP contribution in [0.15, 0.2) is 24.4 Å². The summed E-state index contributed by atoms with van der Waals surface area (Å²) in [5, 5.41) is 2.67. The van der Waals surface area contributed by atoms with Gasteiger partial charge in [0.05, 0.1) is 11.8 Å². The third-order valence-corrected chi connectivity index (χ3v) is 6.82. The lowest BCUT2D eigenvalue weighted by Gasteiger charge is -2.30. The Bertz CT molecular complexity index is 1010. The van der Waals surface area contributed by atoms with Crippen LogP contribution >= 0.6 is 11.3 Å². The Morgan fingerprint density at radius 2 is 1.97 bits per heavy atom. The lowest BCUT2D eigenvalue weighted by molar-refractivity contribution is 0.100. The Labute approximate surface area is 171 Å². The number of primary amides is 2. The Kier molecular flexibility index (Phi) is 6.05. The maximum atomic E-state index is 11.6. The number of piperidine rings is 1. The van der Waals surface area contributed by atoms with Crippen molar-refractivity contribution in [1.29, 1.82) is 0 Å². The fraction of sp³-hybridized carbons (Fsp3) is 0.353. The highest BCUT2D eigenvalue weighted by molar-refractivity contribution is 7.88. The molecule has 0 atom stereocenters. The molecule has 1 aliphatic heterocycles. The summed E-state index contributed by atoms with van der Waals surface area (Å²) in [4.78, 5) is 27.6. The highest BCUT2D eigenvalue weighted by atomic mass is 32.2. The third kappa shape index (κ3) is 5.22. The summed E-state index contributed by atoms with van der Waals surface area (Å²) in [5.74, 6) is -0.252. The van der Waals surface area contributed by atoms with Gasteiger partial charge in [0, 0.05) is 35.8 Å². The number of anilines is 1. The van der Waals surface area contributed by atoms with E-state index in [1.165, 1.54) is 10.6 Å². The first kappa shape index (κ1) is 21.0. The van der Waals surface area contributed by atoms with E-state index in [2.05, 4.69) is 10.3 Å². The van der Waals surface area contributed by atoms with Crippen LogP contribution in [-0.4, -0.2) is 55.1 Å². The molecular formula is C17H21N5O5S2. The molecule has 1 saturated heterocycles. The van der Waals surface area contributed by atoms with Crippen molar-refractivity contribution in [3.8, 4) is 16.3 Å². The molecule has 0 aliphatic carbocycles. The molecule has 2 aromatic rings. The number of aromatic nitrogens is 1. The number of ether oxygens (including phenoxy) is 1. The summed E-state index contributed by atoms with van der Waals surface area (Å²) in [5.41, 5.74) is 11.4. The summed E-state index contributed by atoms with van der Waals surface area (Å²) in [7, 11) is -3.18. The van der Waals surface area contributed by atoms with E-state index in [9.17, 15) is 18.0 Å². The summed E-state index contributed by atoms with van der Waals surface area (Å²) in [6.07, 6.45) is 3.86. The molecule has 0 aromatic carbocycles. The number of pyridine rings is 1. The van der Waals surface area contributed by atoms with Gasteiger partial charge in [0.15, 0.2) is 0 Å². The number of hydrogen-bond donors (Lipinski definition) is 3. The summed E-state index contributed by atoms with van der Waals surface area (Å²) in [6.45, 7) is 0.838. The second-order valence-electron chi connectivity index (χ2n) is 6.57. The second kappa shape index (κ2) is 8.35. The number of carbonyl (C=O) groups excluding carboxylic acids is 2. The molecule has 0 bridgehead atoms. The minimum atomic E-state index is -3.18. The van der Waals surface area contributed by atoms with Gasteiger partial charge in [-0.2, -0.15) is 0 Å². The Balaban J connectivity index is 1.68. The van der Waals surface area contributed by atoms with Gasteiger partial charge in [0.1, 0.15) is 11.1 Å². The van der Waals surface area contributed by atoms with E-state index in [1.807, 2.05) is 0 Å². The molecular weight excluding hydrogens is 418 g/mol. The molecule has 10 nitrogen and oxygen atoms in total. The smallest absolute Gasteiger partial charge is 0.317 e. The summed E-state index contributed by atoms with van der Waals surface area (Å²) in [6, 6.07) is 4.25. The zero-order chi connectivity index (χ0) is 21.2. The van der Waals surface area contributed by atoms with Crippen LogP contribution < -0.4 is 21.5 Å². The molecule has 0 saturated carbocycles. The quantitative estimate of drug-likeness (QED) is 0.613. The van der Waals surface area contributed by atoms with Gasteiger partial charge in [0.25, 0.3) is 5.91 Å². The molecule has 3 amide bonds. The van der Waals surface area contributed by atoms with Crippen LogP contribution in [0.1, 0.15) is 23.2 Å². The largest absolute Gasteiger partial charge is 0.474 e. The van der Waals surface area contributed by atoms with Crippen LogP contribution in [0.4, 0.5) is 9.80 Å². The van der Waals surface area contributed by atoms with Gasteiger partial charge in [-0.05, 0) is 25.0 Å². The predicted molar refractivity (Wildman–Crippen MR) is 109 cm³/mol. The average Bonchev–Trinajstić information content (AvgIpc) is 3.05. The highest BCUT2D eigenvalue weighted by Crippen LogP contribution is 2.35. The minimum Gasteiger partial charge on any atom is -0.474 e. The molecule has 29 heavy (non-hydrogen) atoms.